The van der Waals surface area contributed by atoms with Gasteiger partial charge in [-0.3, -0.25) is 9.69 Å². The third-order valence-electron chi connectivity index (χ3n) is 5.22. The Bertz CT molecular complexity index is 1090. The number of para-hydroxylation sites is 1. The van der Waals surface area contributed by atoms with Crippen LogP contribution in [0.4, 0.5) is 0 Å². The number of aromatic nitrogens is 2. The fourth-order valence-electron chi connectivity index (χ4n) is 3.54. The standard InChI is InChI=1S/C24H25N5O2S/c25-17-19(24(30)26-9-5-10-28-11-13-31-14-12-28)16-20-18-29(21-6-2-1-3-7-21)27-23(20)22-8-4-15-32-22/h1-4,6-8,15-16,18H,5,9-14H2,(H,26,30). The number of hydrogen-bond donors (Lipinski definition) is 1. The molecule has 3 aromatic rings. The quantitative estimate of drug-likeness (QED) is 0.325. The first-order chi connectivity index (χ1) is 15.7. The van der Waals surface area contributed by atoms with Crippen LogP contribution < -0.4 is 5.32 Å². The third-order valence-corrected chi connectivity index (χ3v) is 6.10. The number of nitriles is 1. The van der Waals surface area contributed by atoms with Gasteiger partial charge < -0.3 is 10.1 Å². The first-order valence-electron chi connectivity index (χ1n) is 10.6. The number of benzene rings is 1. The fourth-order valence-corrected chi connectivity index (χ4v) is 4.27. The van der Waals surface area contributed by atoms with Crippen molar-refractivity contribution in [2.75, 3.05) is 39.4 Å². The number of nitrogens with zero attached hydrogens (tertiary/aromatic N) is 4. The molecule has 8 heteroatoms. The molecular weight excluding hydrogens is 422 g/mol. The lowest BCUT2D eigenvalue weighted by molar-refractivity contribution is -0.117. The van der Waals surface area contributed by atoms with Crippen LogP contribution in [0.3, 0.4) is 0 Å². The van der Waals surface area contributed by atoms with E-state index < -0.39 is 0 Å². The Morgan fingerprint density at radius 2 is 2.03 bits per heavy atom. The highest BCUT2D eigenvalue weighted by atomic mass is 32.1. The van der Waals surface area contributed by atoms with Crippen LogP contribution in [0.1, 0.15) is 12.0 Å². The molecule has 1 amide bonds. The number of nitrogens with one attached hydrogen (secondary N) is 1. The Kier molecular flexibility index (Phi) is 7.46. The van der Waals surface area contributed by atoms with Crippen LogP contribution in [0.5, 0.6) is 0 Å². The zero-order valence-corrected chi connectivity index (χ0v) is 18.6. The Labute approximate surface area is 191 Å². The zero-order valence-electron chi connectivity index (χ0n) is 17.7. The van der Waals surface area contributed by atoms with Crippen molar-refractivity contribution in [2.24, 2.45) is 0 Å². The van der Waals surface area contributed by atoms with Crippen molar-refractivity contribution in [1.29, 1.82) is 5.26 Å². The van der Waals surface area contributed by atoms with E-state index in [1.807, 2.05) is 54.0 Å². The van der Waals surface area contributed by atoms with Gasteiger partial charge in [0.2, 0.25) is 0 Å². The topological polar surface area (TPSA) is 83.2 Å². The lowest BCUT2D eigenvalue weighted by atomic mass is 10.1. The summed E-state index contributed by atoms with van der Waals surface area (Å²) in [6, 6.07) is 15.8. The van der Waals surface area contributed by atoms with E-state index in [4.69, 9.17) is 9.84 Å². The largest absolute Gasteiger partial charge is 0.379 e. The highest BCUT2D eigenvalue weighted by molar-refractivity contribution is 7.13. The summed E-state index contributed by atoms with van der Waals surface area (Å²) < 4.78 is 7.13. The Morgan fingerprint density at radius 3 is 2.75 bits per heavy atom. The average molecular weight is 448 g/mol. The van der Waals surface area contributed by atoms with Crippen LogP contribution in [-0.2, 0) is 9.53 Å². The zero-order chi connectivity index (χ0) is 22.2. The Balaban J connectivity index is 1.48. The van der Waals surface area contributed by atoms with Crippen molar-refractivity contribution in [1.82, 2.24) is 20.0 Å². The Morgan fingerprint density at radius 1 is 1.22 bits per heavy atom. The first kappa shape index (κ1) is 22.0. The van der Waals surface area contributed by atoms with Crippen molar-refractivity contribution in [3.8, 4) is 22.3 Å². The van der Waals surface area contributed by atoms with E-state index in [1.165, 1.54) is 0 Å². The van der Waals surface area contributed by atoms with E-state index in [0.717, 1.165) is 61.1 Å². The van der Waals surface area contributed by atoms with Gasteiger partial charge in [0.15, 0.2) is 0 Å². The molecule has 2 aromatic heterocycles. The summed E-state index contributed by atoms with van der Waals surface area (Å²) in [5, 5.41) is 19.2. The van der Waals surface area contributed by atoms with Crippen LogP contribution in [0.25, 0.3) is 22.3 Å². The summed E-state index contributed by atoms with van der Waals surface area (Å²) in [7, 11) is 0. The van der Waals surface area contributed by atoms with Crippen molar-refractivity contribution >= 4 is 23.3 Å². The molecule has 0 radical (unpaired) electrons. The summed E-state index contributed by atoms with van der Waals surface area (Å²) in [6.45, 7) is 4.80. The maximum absolute atomic E-state index is 12.6. The van der Waals surface area contributed by atoms with Gasteiger partial charge in [-0.25, -0.2) is 4.68 Å². The summed E-state index contributed by atoms with van der Waals surface area (Å²) >= 11 is 1.57. The summed E-state index contributed by atoms with van der Waals surface area (Å²) in [5.74, 6) is -0.362. The number of carbonyl (C=O) groups excluding carboxylic acids is 1. The van der Waals surface area contributed by atoms with E-state index in [2.05, 4.69) is 16.3 Å². The molecular formula is C24H25N5O2S. The molecule has 7 nitrogen and oxygen atoms in total. The number of amides is 1. The minimum absolute atomic E-state index is 0.0711. The predicted molar refractivity (Wildman–Crippen MR) is 125 cm³/mol. The molecule has 1 aliphatic heterocycles. The molecule has 3 heterocycles. The van der Waals surface area contributed by atoms with Gasteiger partial charge in [0.1, 0.15) is 17.3 Å². The molecule has 0 bridgehead atoms. The number of thiophene rings is 1. The minimum atomic E-state index is -0.362. The number of hydrogen-bond acceptors (Lipinski definition) is 6. The average Bonchev–Trinajstić information content (AvgIpc) is 3.51. The van der Waals surface area contributed by atoms with Crippen molar-refractivity contribution < 1.29 is 9.53 Å². The molecule has 1 N–H and O–H groups in total. The number of ether oxygens (including phenoxy) is 1. The molecule has 0 saturated carbocycles. The molecule has 0 atom stereocenters. The Hall–Kier alpha value is -3.25. The van der Waals surface area contributed by atoms with E-state index in [0.29, 0.717) is 6.54 Å². The van der Waals surface area contributed by atoms with Gasteiger partial charge in [-0.05, 0) is 42.6 Å². The number of carbonyl (C=O) groups is 1. The van der Waals surface area contributed by atoms with Gasteiger partial charge in [-0.15, -0.1) is 11.3 Å². The molecule has 0 aliphatic carbocycles. The molecule has 164 valence electrons. The molecule has 32 heavy (non-hydrogen) atoms. The van der Waals surface area contributed by atoms with Crippen molar-refractivity contribution in [3.05, 3.63) is 65.2 Å². The monoisotopic (exact) mass is 447 g/mol. The van der Waals surface area contributed by atoms with Gasteiger partial charge in [-0.2, -0.15) is 10.4 Å². The lowest BCUT2D eigenvalue weighted by Crippen LogP contribution is -2.38. The van der Waals surface area contributed by atoms with Gasteiger partial charge in [0.05, 0.1) is 23.8 Å². The highest BCUT2D eigenvalue weighted by Crippen LogP contribution is 2.29. The lowest BCUT2D eigenvalue weighted by Gasteiger charge is -2.26. The molecule has 1 fully saturated rings. The summed E-state index contributed by atoms with van der Waals surface area (Å²) in [5.41, 5.74) is 2.46. The number of rotatable bonds is 8. The van der Waals surface area contributed by atoms with E-state index in [9.17, 15) is 10.1 Å². The molecule has 0 unspecified atom stereocenters. The molecule has 1 aromatic carbocycles. The fraction of sp³-hybridized carbons (Fsp3) is 0.292. The van der Waals surface area contributed by atoms with Crippen LogP contribution in [0.15, 0.2) is 59.6 Å². The maximum Gasteiger partial charge on any atom is 0.261 e. The maximum atomic E-state index is 12.6. The SMILES string of the molecule is N#CC(=Cc1cn(-c2ccccc2)nc1-c1cccs1)C(=O)NCCCN1CCOCC1. The van der Waals surface area contributed by atoms with E-state index in [-0.39, 0.29) is 11.5 Å². The predicted octanol–water partition coefficient (Wildman–Crippen LogP) is 3.35. The molecule has 0 spiro atoms. The van der Waals surface area contributed by atoms with Crippen LogP contribution in [0, 0.1) is 11.3 Å². The van der Waals surface area contributed by atoms with Gasteiger partial charge in [-0.1, -0.05) is 24.3 Å². The van der Waals surface area contributed by atoms with Crippen LogP contribution >= 0.6 is 11.3 Å². The second-order valence-electron chi connectivity index (χ2n) is 7.42. The van der Waals surface area contributed by atoms with Gasteiger partial charge >= 0.3 is 0 Å². The summed E-state index contributed by atoms with van der Waals surface area (Å²) in [6.07, 6.45) is 4.31. The second-order valence-corrected chi connectivity index (χ2v) is 8.37. The number of morpholine rings is 1. The highest BCUT2D eigenvalue weighted by Gasteiger charge is 2.16. The smallest absolute Gasteiger partial charge is 0.261 e. The van der Waals surface area contributed by atoms with Gasteiger partial charge in [0, 0.05) is 31.4 Å². The third kappa shape index (κ3) is 5.51. The first-order valence-corrected chi connectivity index (χ1v) is 11.5. The van der Waals surface area contributed by atoms with Crippen LogP contribution in [0.2, 0.25) is 0 Å². The van der Waals surface area contributed by atoms with Crippen molar-refractivity contribution in [3.63, 3.8) is 0 Å². The second kappa shape index (κ2) is 10.9. The molecule has 4 rings (SSSR count). The molecule has 1 saturated heterocycles. The summed E-state index contributed by atoms with van der Waals surface area (Å²) in [4.78, 5) is 15.9. The normalized spacial score (nSPS) is 14.8. The minimum Gasteiger partial charge on any atom is -0.379 e. The molecule has 1 aliphatic rings. The van der Waals surface area contributed by atoms with Gasteiger partial charge in [0.25, 0.3) is 5.91 Å². The van der Waals surface area contributed by atoms with Crippen LogP contribution in [-0.4, -0.2) is 60.0 Å². The van der Waals surface area contributed by atoms with E-state index >= 15 is 0 Å². The van der Waals surface area contributed by atoms with Crippen molar-refractivity contribution in [2.45, 2.75) is 6.42 Å². The van der Waals surface area contributed by atoms with E-state index in [1.54, 1.807) is 22.1 Å².